The van der Waals surface area contributed by atoms with Gasteiger partial charge in [-0.2, -0.15) is 26.3 Å². The predicted molar refractivity (Wildman–Crippen MR) is 92.0 cm³/mol. The van der Waals surface area contributed by atoms with Gasteiger partial charge in [0, 0.05) is 12.0 Å². The summed E-state index contributed by atoms with van der Waals surface area (Å²) in [5, 5.41) is 11.3. The molecular formula is C19H15F6NO4. The molecule has 30 heavy (non-hydrogen) atoms. The summed E-state index contributed by atoms with van der Waals surface area (Å²) < 4.78 is 82.7. The van der Waals surface area contributed by atoms with Gasteiger partial charge in [0.2, 0.25) is 0 Å². The normalized spacial score (nSPS) is 12.9. The number of hydrogen-bond acceptors (Lipinski definition) is 3. The zero-order valence-corrected chi connectivity index (χ0v) is 15.3. The fraction of sp³-hybridized carbons (Fsp3) is 0.263. The Balaban J connectivity index is 2.34. The Morgan fingerprint density at radius 3 is 2.03 bits per heavy atom. The molecule has 0 aliphatic rings. The molecular weight excluding hydrogens is 420 g/mol. The number of ether oxygens (including phenoxy) is 1. The third-order valence-corrected chi connectivity index (χ3v) is 4.03. The number of alkyl halides is 6. The number of halogens is 6. The molecule has 0 radical (unpaired) electrons. The van der Waals surface area contributed by atoms with Gasteiger partial charge in [-0.1, -0.05) is 12.1 Å². The Kier molecular flexibility index (Phi) is 6.63. The van der Waals surface area contributed by atoms with Crippen LogP contribution in [0.5, 0.6) is 5.75 Å². The Bertz CT molecular complexity index is 907. The van der Waals surface area contributed by atoms with Crippen LogP contribution >= 0.6 is 0 Å². The van der Waals surface area contributed by atoms with Crippen LogP contribution in [0.25, 0.3) is 0 Å². The summed E-state index contributed by atoms with van der Waals surface area (Å²) in [5.74, 6) is -2.51. The van der Waals surface area contributed by atoms with E-state index >= 15 is 0 Å². The Morgan fingerprint density at radius 2 is 1.57 bits per heavy atom. The smallest absolute Gasteiger partial charge is 0.416 e. The highest BCUT2D eigenvalue weighted by Gasteiger charge is 2.37. The lowest BCUT2D eigenvalue weighted by atomic mass is 10.0. The van der Waals surface area contributed by atoms with Crippen molar-refractivity contribution in [3.05, 3.63) is 64.7 Å². The third-order valence-electron chi connectivity index (χ3n) is 4.03. The van der Waals surface area contributed by atoms with E-state index in [9.17, 15) is 41.0 Å². The molecule has 5 nitrogen and oxygen atoms in total. The lowest BCUT2D eigenvalue weighted by molar-refractivity contribution is -0.143. The molecule has 0 aromatic heterocycles. The van der Waals surface area contributed by atoms with Crippen LogP contribution in [0.4, 0.5) is 26.3 Å². The fourth-order valence-electron chi connectivity index (χ4n) is 2.56. The van der Waals surface area contributed by atoms with Crippen molar-refractivity contribution in [1.82, 2.24) is 5.32 Å². The van der Waals surface area contributed by atoms with E-state index in [1.165, 1.54) is 19.2 Å². The summed E-state index contributed by atoms with van der Waals surface area (Å²) in [6.45, 7) is 0. The molecule has 0 aliphatic carbocycles. The van der Waals surface area contributed by atoms with Gasteiger partial charge in [0.25, 0.3) is 5.91 Å². The molecule has 0 unspecified atom stereocenters. The van der Waals surface area contributed by atoms with Gasteiger partial charge < -0.3 is 15.2 Å². The highest BCUT2D eigenvalue weighted by atomic mass is 19.4. The van der Waals surface area contributed by atoms with Gasteiger partial charge >= 0.3 is 18.3 Å². The number of carbonyl (C=O) groups excluding carboxylic acids is 1. The molecule has 2 aromatic rings. The monoisotopic (exact) mass is 435 g/mol. The second-order valence-electron chi connectivity index (χ2n) is 6.21. The largest absolute Gasteiger partial charge is 0.497 e. The standard InChI is InChI=1S/C19H15F6NO4/c1-30-14-4-2-3-10(5-14)6-15(17(28)29)26-16(27)11-7-12(18(20,21)22)9-13(8-11)19(23,24)25/h2-5,7-9,15H,6H2,1H3,(H,26,27)(H,28,29)/t15-/m0/s1. The first-order valence-corrected chi connectivity index (χ1v) is 8.27. The van der Waals surface area contributed by atoms with E-state index in [2.05, 4.69) is 0 Å². The molecule has 1 amide bonds. The van der Waals surface area contributed by atoms with Gasteiger partial charge in [-0.05, 0) is 35.9 Å². The molecule has 0 saturated carbocycles. The van der Waals surface area contributed by atoms with Crippen LogP contribution in [0.2, 0.25) is 0 Å². The van der Waals surface area contributed by atoms with Gasteiger partial charge in [0.05, 0.1) is 18.2 Å². The van der Waals surface area contributed by atoms with Crippen LogP contribution in [-0.4, -0.2) is 30.1 Å². The molecule has 0 heterocycles. The summed E-state index contributed by atoms with van der Waals surface area (Å²) in [4.78, 5) is 23.8. The maximum atomic E-state index is 12.9. The van der Waals surface area contributed by atoms with Crippen LogP contribution in [0.15, 0.2) is 42.5 Å². The zero-order valence-electron chi connectivity index (χ0n) is 15.3. The summed E-state index contributed by atoms with van der Waals surface area (Å²) in [6.07, 6.45) is -10.5. The lowest BCUT2D eigenvalue weighted by Crippen LogP contribution is -2.42. The fourth-order valence-corrected chi connectivity index (χ4v) is 2.56. The number of amides is 1. The summed E-state index contributed by atoms with van der Waals surface area (Å²) in [7, 11) is 1.38. The molecule has 0 aliphatic heterocycles. The summed E-state index contributed by atoms with van der Waals surface area (Å²) >= 11 is 0. The Morgan fingerprint density at radius 1 is 1.00 bits per heavy atom. The summed E-state index contributed by atoms with van der Waals surface area (Å²) in [6, 6.07) is 4.88. The number of carbonyl (C=O) groups is 2. The van der Waals surface area contributed by atoms with E-state index in [0.717, 1.165) is 0 Å². The number of benzene rings is 2. The Hall–Kier alpha value is -3.24. The van der Waals surface area contributed by atoms with E-state index in [4.69, 9.17) is 4.74 Å². The molecule has 1 atom stereocenters. The van der Waals surface area contributed by atoms with Gasteiger partial charge in [-0.3, -0.25) is 4.79 Å². The van der Waals surface area contributed by atoms with Crippen molar-refractivity contribution in [3.63, 3.8) is 0 Å². The average Bonchev–Trinajstić information content (AvgIpc) is 2.65. The van der Waals surface area contributed by atoms with Crippen LogP contribution in [0.3, 0.4) is 0 Å². The maximum absolute atomic E-state index is 12.9. The molecule has 2 rings (SSSR count). The van der Waals surface area contributed by atoms with E-state index < -0.39 is 47.0 Å². The molecule has 0 spiro atoms. The second kappa shape index (κ2) is 8.64. The van der Waals surface area contributed by atoms with E-state index in [1.54, 1.807) is 12.1 Å². The minimum atomic E-state index is -5.14. The zero-order chi connectivity index (χ0) is 22.7. The number of carboxylic acid groups (broad SMARTS) is 1. The molecule has 0 fully saturated rings. The van der Waals surface area contributed by atoms with Crippen molar-refractivity contribution >= 4 is 11.9 Å². The first-order chi connectivity index (χ1) is 13.8. The molecule has 11 heteroatoms. The van der Waals surface area contributed by atoms with Crippen LogP contribution in [0.1, 0.15) is 27.0 Å². The van der Waals surface area contributed by atoms with Crippen molar-refractivity contribution in [3.8, 4) is 5.75 Å². The molecule has 2 aromatic carbocycles. The number of rotatable bonds is 6. The number of nitrogens with one attached hydrogen (secondary N) is 1. The highest BCUT2D eigenvalue weighted by Crippen LogP contribution is 2.36. The molecule has 162 valence electrons. The number of aliphatic carboxylic acids is 1. The quantitative estimate of drug-likeness (QED) is 0.669. The lowest BCUT2D eigenvalue weighted by Gasteiger charge is -2.17. The van der Waals surface area contributed by atoms with Gasteiger partial charge in [0.15, 0.2) is 0 Å². The number of hydrogen-bond donors (Lipinski definition) is 2. The average molecular weight is 435 g/mol. The van der Waals surface area contributed by atoms with Crippen LogP contribution < -0.4 is 10.1 Å². The van der Waals surface area contributed by atoms with Gasteiger partial charge in [-0.15, -0.1) is 0 Å². The predicted octanol–water partition coefficient (Wildman–Crippen LogP) is 4.16. The molecule has 0 saturated heterocycles. The van der Waals surface area contributed by atoms with Crippen molar-refractivity contribution < 1.29 is 45.8 Å². The maximum Gasteiger partial charge on any atom is 0.416 e. The SMILES string of the molecule is COc1cccc(C[C@H](NC(=O)c2cc(C(F)(F)F)cc(C(F)(F)F)c2)C(=O)O)c1. The second-order valence-corrected chi connectivity index (χ2v) is 6.21. The first kappa shape index (κ1) is 23.0. The highest BCUT2D eigenvalue weighted by molar-refractivity contribution is 5.97. The topological polar surface area (TPSA) is 75.6 Å². The molecule has 0 bridgehead atoms. The van der Waals surface area contributed by atoms with Crippen LogP contribution in [0, 0.1) is 0 Å². The van der Waals surface area contributed by atoms with Gasteiger partial charge in [0.1, 0.15) is 11.8 Å². The molecule has 2 N–H and O–H groups in total. The Labute approximate surface area is 166 Å². The van der Waals surface area contributed by atoms with Crippen molar-refractivity contribution in [2.75, 3.05) is 7.11 Å². The summed E-state index contributed by atoms with van der Waals surface area (Å²) in [5.41, 5.74) is -3.90. The van der Waals surface area contributed by atoms with Crippen molar-refractivity contribution in [2.24, 2.45) is 0 Å². The van der Waals surface area contributed by atoms with Crippen molar-refractivity contribution in [2.45, 2.75) is 24.8 Å². The van der Waals surface area contributed by atoms with E-state index in [-0.39, 0.29) is 24.6 Å². The van der Waals surface area contributed by atoms with E-state index in [1.807, 2.05) is 5.32 Å². The minimum absolute atomic E-state index is 0.123. The number of carboxylic acids is 1. The third kappa shape index (κ3) is 5.88. The van der Waals surface area contributed by atoms with E-state index in [0.29, 0.717) is 11.3 Å². The first-order valence-electron chi connectivity index (χ1n) is 8.27. The minimum Gasteiger partial charge on any atom is -0.497 e. The number of methoxy groups -OCH3 is 1. The van der Waals surface area contributed by atoms with Crippen LogP contribution in [-0.2, 0) is 23.6 Å². The van der Waals surface area contributed by atoms with Gasteiger partial charge in [-0.25, -0.2) is 4.79 Å². The van der Waals surface area contributed by atoms with Crippen molar-refractivity contribution in [1.29, 1.82) is 0 Å².